The Bertz CT molecular complexity index is 1510. The Morgan fingerprint density at radius 2 is 0.863 bits per heavy atom. The average Bonchev–Trinajstić information content (AvgIpc) is 3.39. The van der Waals surface area contributed by atoms with Crippen LogP contribution in [0.25, 0.3) is 0 Å². The summed E-state index contributed by atoms with van der Waals surface area (Å²) in [5.41, 5.74) is 0. The fraction of sp³-hybridized carbons (Fsp3) is 0.703. The van der Waals surface area contributed by atoms with E-state index in [1.165, 1.54) is 122 Å². The molecule has 9 heteroatoms. The van der Waals surface area contributed by atoms with Crippen LogP contribution in [0.15, 0.2) is 109 Å². The van der Waals surface area contributed by atoms with E-state index in [-0.39, 0.29) is 12.5 Å². The van der Waals surface area contributed by atoms with Gasteiger partial charge in [0.05, 0.1) is 25.4 Å². The summed E-state index contributed by atoms with van der Waals surface area (Å²) < 4.78 is 11.2. The fourth-order valence-electron chi connectivity index (χ4n) is 8.66. The van der Waals surface area contributed by atoms with Gasteiger partial charge in [0, 0.05) is 6.42 Å². The second-order valence-electron chi connectivity index (χ2n) is 20.0. The predicted molar refractivity (Wildman–Crippen MR) is 308 cm³/mol. The van der Waals surface area contributed by atoms with Crippen LogP contribution in [0.5, 0.6) is 0 Å². The number of ether oxygens (including phenoxy) is 2. The Morgan fingerprint density at radius 3 is 1.32 bits per heavy atom. The predicted octanol–water partition coefficient (Wildman–Crippen LogP) is 15.0. The number of aliphatic hydroxyl groups is 5. The molecule has 0 aromatic rings. The van der Waals surface area contributed by atoms with E-state index in [0.717, 1.165) is 89.9 Å². The van der Waals surface area contributed by atoms with Gasteiger partial charge in [0.1, 0.15) is 24.4 Å². The summed E-state index contributed by atoms with van der Waals surface area (Å²) in [6.07, 6.45) is 70.2. The molecule has 9 nitrogen and oxygen atoms in total. The lowest BCUT2D eigenvalue weighted by Crippen LogP contribution is -2.60. The van der Waals surface area contributed by atoms with E-state index in [4.69, 9.17) is 9.47 Å². The summed E-state index contributed by atoms with van der Waals surface area (Å²) in [5, 5.41) is 54.4. The third-order valence-electron chi connectivity index (χ3n) is 13.3. The van der Waals surface area contributed by atoms with Crippen LogP contribution in [0.4, 0.5) is 0 Å². The van der Waals surface area contributed by atoms with Crippen LogP contribution in [0.3, 0.4) is 0 Å². The Kier molecular flexibility index (Phi) is 48.6. The highest BCUT2D eigenvalue weighted by molar-refractivity contribution is 5.76. The van der Waals surface area contributed by atoms with E-state index in [1.54, 1.807) is 6.08 Å². The number of allylic oxidation sites excluding steroid dienone is 17. The molecule has 1 saturated heterocycles. The largest absolute Gasteiger partial charge is 0.394 e. The number of unbranched alkanes of at least 4 members (excludes halogenated alkanes) is 23. The lowest BCUT2D eigenvalue weighted by atomic mass is 9.99. The van der Waals surface area contributed by atoms with Gasteiger partial charge in [-0.2, -0.15) is 0 Å². The maximum absolute atomic E-state index is 13.0. The zero-order valence-electron chi connectivity index (χ0n) is 46.4. The molecular formula is C64H109NO8. The first-order valence-electron chi connectivity index (χ1n) is 29.6. The lowest BCUT2D eigenvalue weighted by molar-refractivity contribution is -0.302. The highest BCUT2D eigenvalue weighted by Gasteiger charge is 2.44. The summed E-state index contributed by atoms with van der Waals surface area (Å²) in [4.78, 5) is 13.0. The molecule has 73 heavy (non-hydrogen) atoms. The minimum Gasteiger partial charge on any atom is -0.394 e. The van der Waals surface area contributed by atoms with E-state index in [0.29, 0.717) is 6.42 Å². The maximum atomic E-state index is 13.0. The average molecular weight is 1020 g/mol. The van der Waals surface area contributed by atoms with Gasteiger partial charge in [0.15, 0.2) is 6.29 Å². The van der Waals surface area contributed by atoms with E-state index in [1.807, 2.05) is 6.08 Å². The van der Waals surface area contributed by atoms with Crippen LogP contribution >= 0.6 is 0 Å². The van der Waals surface area contributed by atoms with Crippen LogP contribution < -0.4 is 5.32 Å². The number of amides is 1. The standard InChI is InChI=1S/C64H109NO8/c1-3-5-7-9-11-13-15-17-19-20-21-22-23-24-25-26-27-28-29-30-31-32-33-34-35-36-37-38-40-42-44-46-48-50-52-54-60(68)65-57(56-72-64-63(71)62(70)61(69)59(55-66)73-64)58(67)53-51-49-47-45-43-41-39-18-16-14-12-10-8-6-4-2/h5,7,11,13,16-19,21-22,24-25,27-28,43,45,51,53,57-59,61-64,66-67,69-71H,3-4,6,8-10,12,14-15,20,23,26,29-42,44,46-50,52,54-56H2,1-2H3,(H,65,68)/b7-5-,13-11-,18-16+,19-17-,22-21-,25-24-,28-27-,45-43+,53-51+. The molecule has 7 atom stereocenters. The number of aliphatic hydroxyl groups excluding tert-OH is 5. The van der Waals surface area contributed by atoms with Crippen molar-refractivity contribution in [2.45, 2.75) is 275 Å². The molecule has 1 heterocycles. The van der Waals surface area contributed by atoms with E-state index >= 15 is 0 Å². The molecule has 0 bridgehead atoms. The molecular weight excluding hydrogens is 911 g/mol. The number of rotatable bonds is 49. The number of hydrogen-bond donors (Lipinski definition) is 6. The quantitative estimate of drug-likeness (QED) is 0.0261. The molecule has 1 fully saturated rings. The Morgan fingerprint density at radius 1 is 0.479 bits per heavy atom. The molecule has 0 aromatic heterocycles. The summed E-state index contributed by atoms with van der Waals surface area (Å²) in [7, 11) is 0. The molecule has 0 saturated carbocycles. The molecule has 0 aromatic carbocycles. The third-order valence-corrected chi connectivity index (χ3v) is 13.3. The molecule has 0 spiro atoms. The first-order valence-corrected chi connectivity index (χ1v) is 29.6. The number of carbonyl (C=O) groups excluding carboxylic acids is 1. The SMILES string of the molecule is CC/C=C\C/C=C\C/C=C\C/C=C\C/C=C\C/C=C\CCCCCCCCCCCCCCCCCCC(=O)NC(COC1OC(CO)C(O)C(O)C1O)C(O)/C=C/CC/C=C/CC/C=C/CCCCCCC. The van der Waals surface area contributed by atoms with Crippen molar-refractivity contribution in [2.75, 3.05) is 13.2 Å². The minimum absolute atomic E-state index is 0.194. The third kappa shape index (κ3) is 41.7. The fourth-order valence-corrected chi connectivity index (χ4v) is 8.66. The van der Waals surface area contributed by atoms with Crippen molar-refractivity contribution < 1.29 is 39.8 Å². The van der Waals surface area contributed by atoms with Gasteiger partial charge >= 0.3 is 0 Å². The number of nitrogens with one attached hydrogen (secondary N) is 1. The van der Waals surface area contributed by atoms with Crippen molar-refractivity contribution in [3.05, 3.63) is 109 Å². The van der Waals surface area contributed by atoms with Gasteiger partial charge in [0.2, 0.25) is 5.91 Å². The summed E-state index contributed by atoms with van der Waals surface area (Å²) in [5.74, 6) is -0.194. The van der Waals surface area contributed by atoms with Gasteiger partial charge in [-0.25, -0.2) is 0 Å². The van der Waals surface area contributed by atoms with Crippen LogP contribution in [0.2, 0.25) is 0 Å². The van der Waals surface area contributed by atoms with Gasteiger partial charge in [0.25, 0.3) is 0 Å². The molecule has 0 radical (unpaired) electrons. The van der Waals surface area contributed by atoms with Crippen LogP contribution in [-0.4, -0.2) is 87.5 Å². The monoisotopic (exact) mass is 1020 g/mol. The van der Waals surface area contributed by atoms with Crippen molar-refractivity contribution in [3.63, 3.8) is 0 Å². The molecule has 1 amide bonds. The first kappa shape index (κ1) is 67.9. The van der Waals surface area contributed by atoms with Crippen LogP contribution in [0.1, 0.15) is 232 Å². The lowest BCUT2D eigenvalue weighted by Gasteiger charge is -2.40. The smallest absolute Gasteiger partial charge is 0.220 e. The summed E-state index contributed by atoms with van der Waals surface area (Å²) in [6.45, 7) is 3.62. The molecule has 1 aliphatic rings. The minimum atomic E-state index is -1.58. The highest BCUT2D eigenvalue weighted by Crippen LogP contribution is 2.23. The Labute approximate surface area is 446 Å². The molecule has 1 rings (SSSR count). The van der Waals surface area contributed by atoms with Gasteiger partial charge in [-0.1, -0.05) is 239 Å². The molecule has 0 aliphatic carbocycles. The van der Waals surface area contributed by atoms with Crippen molar-refractivity contribution in [3.8, 4) is 0 Å². The van der Waals surface area contributed by atoms with E-state index in [2.05, 4.69) is 116 Å². The maximum Gasteiger partial charge on any atom is 0.220 e. The molecule has 418 valence electrons. The second-order valence-corrected chi connectivity index (χ2v) is 20.0. The van der Waals surface area contributed by atoms with E-state index < -0.39 is 49.5 Å². The zero-order chi connectivity index (χ0) is 52.9. The van der Waals surface area contributed by atoms with Gasteiger partial charge < -0.3 is 40.3 Å². The highest BCUT2D eigenvalue weighted by atomic mass is 16.7. The molecule has 1 aliphatic heterocycles. The molecule has 7 unspecified atom stereocenters. The van der Waals surface area contributed by atoms with Crippen LogP contribution in [0, 0.1) is 0 Å². The Balaban J connectivity index is 2.16. The number of carbonyl (C=O) groups is 1. The van der Waals surface area contributed by atoms with Crippen molar-refractivity contribution >= 4 is 5.91 Å². The van der Waals surface area contributed by atoms with Crippen molar-refractivity contribution in [1.82, 2.24) is 5.32 Å². The van der Waals surface area contributed by atoms with Gasteiger partial charge in [-0.15, -0.1) is 0 Å². The van der Waals surface area contributed by atoms with Crippen molar-refractivity contribution in [2.24, 2.45) is 0 Å². The first-order chi connectivity index (χ1) is 35.8. The van der Waals surface area contributed by atoms with E-state index in [9.17, 15) is 30.3 Å². The second kappa shape index (κ2) is 52.3. The van der Waals surface area contributed by atoms with Gasteiger partial charge in [-0.3, -0.25) is 4.79 Å². The topological polar surface area (TPSA) is 149 Å². The van der Waals surface area contributed by atoms with Crippen molar-refractivity contribution in [1.29, 1.82) is 0 Å². The summed E-state index contributed by atoms with van der Waals surface area (Å²) in [6, 6.07) is -0.833. The Hall–Kier alpha value is -3.15. The number of hydrogen-bond acceptors (Lipinski definition) is 8. The zero-order valence-corrected chi connectivity index (χ0v) is 46.4. The van der Waals surface area contributed by atoms with Crippen LogP contribution in [-0.2, 0) is 14.3 Å². The summed E-state index contributed by atoms with van der Waals surface area (Å²) >= 11 is 0. The molecule has 6 N–H and O–H groups in total. The van der Waals surface area contributed by atoms with Gasteiger partial charge in [-0.05, 0) is 96.3 Å². The normalized spacial score (nSPS) is 19.9.